The zero-order valence-corrected chi connectivity index (χ0v) is 19.4. The van der Waals surface area contributed by atoms with E-state index in [9.17, 15) is 35.5 Å². The van der Waals surface area contributed by atoms with Crippen molar-refractivity contribution in [1.82, 2.24) is 20.1 Å². The number of alkyl halides is 6. The summed E-state index contributed by atoms with van der Waals surface area (Å²) in [5.41, 5.74) is -3.49. The number of aromatic nitrogens is 3. The van der Waals surface area contributed by atoms with Gasteiger partial charge in [-0.15, -0.1) is 6.58 Å². The Labute approximate surface area is 210 Å². The smallest absolute Gasteiger partial charge is 0.349 e. The average Bonchev–Trinajstić information content (AvgIpc) is 3.26. The first-order chi connectivity index (χ1) is 17.8. The highest BCUT2D eigenvalue weighted by Crippen LogP contribution is 2.40. The second-order valence-corrected chi connectivity index (χ2v) is 8.46. The molecule has 0 amide bonds. The molecule has 0 spiro atoms. The van der Waals surface area contributed by atoms with Crippen LogP contribution in [0.4, 0.5) is 30.7 Å². The summed E-state index contributed by atoms with van der Waals surface area (Å²) in [6.07, 6.45) is -11.7. The number of benzene rings is 2. The summed E-state index contributed by atoms with van der Waals surface area (Å²) in [6.45, 7) is 3.96. The fraction of sp³-hybridized carbons (Fsp3) is 0.333. The van der Waals surface area contributed by atoms with E-state index < -0.39 is 59.0 Å². The number of H-pyrrole nitrogens is 2. The number of nitrogens with one attached hydrogen (secondary N) is 2. The third kappa shape index (κ3) is 6.31. The third-order valence-corrected chi connectivity index (χ3v) is 5.86. The second kappa shape index (κ2) is 10.7. The van der Waals surface area contributed by atoms with Crippen molar-refractivity contribution in [3.8, 4) is 0 Å². The van der Waals surface area contributed by atoms with Gasteiger partial charge in [-0.3, -0.25) is 9.88 Å². The molecule has 2 heterocycles. The maximum Gasteiger partial charge on any atom is 0.416 e. The summed E-state index contributed by atoms with van der Waals surface area (Å²) >= 11 is 0. The van der Waals surface area contributed by atoms with Gasteiger partial charge in [-0.25, -0.2) is 14.3 Å². The Morgan fingerprint density at radius 2 is 1.74 bits per heavy atom. The van der Waals surface area contributed by atoms with Gasteiger partial charge in [0.2, 0.25) is 0 Å². The number of aromatic amines is 2. The van der Waals surface area contributed by atoms with Crippen LogP contribution in [0.5, 0.6) is 0 Å². The lowest BCUT2D eigenvalue weighted by atomic mass is 10.00. The maximum atomic E-state index is 13.6. The number of hydrogen-bond acceptors (Lipinski definition) is 5. The first kappa shape index (κ1) is 27.5. The SMILES string of the molecule is C=C[C@@H](O[C@H]1OCCN(Cc2n[nH]c(=O)[nH]2)[C@H]1c1ccc(F)cc1)c1cc(C(F)(F)F)cc(C(F)(F)F)c1. The minimum atomic E-state index is -5.04. The average molecular weight is 546 g/mol. The van der Waals surface area contributed by atoms with Crippen molar-refractivity contribution in [1.29, 1.82) is 0 Å². The molecular formula is C24H21F7N4O3. The van der Waals surface area contributed by atoms with Gasteiger partial charge in [-0.05, 0) is 41.5 Å². The molecule has 3 atom stereocenters. The lowest BCUT2D eigenvalue weighted by molar-refractivity contribution is -0.226. The van der Waals surface area contributed by atoms with Crippen LogP contribution in [0.3, 0.4) is 0 Å². The van der Waals surface area contributed by atoms with Crippen LogP contribution in [0, 0.1) is 5.82 Å². The van der Waals surface area contributed by atoms with Crippen molar-refractivity contribution >= 4 is 0 Å². The van der Waals surface area contributed by atoms with Crippen LogP contribution in [-0.4, -0.2) is 39.5 Å². The molecule has 204 valence electrons. The van der Waals surface area contributed by atoms with E-state index in [-0.39, 0.29) is 31.6 Å². The number of ether oxygens (including phenoxy) is 2. The number of halogens is 7. The molecule has 7 nitrogen and oxygen atoms in total. The first-order valence-electron chi connectivity index (χ1n) is 11.2. The maximum absolute atomic E-state index is 13.6. The molecule has 14 heteroatoms. The predicted molar refractivity (Wildman–Crippen MR) is 119 cm³/mol. The zero-order chi connectivity index (χ0) is 27.7. The Hall–Kier alpha value is -3.49. The lowest BCUT2D eigenvalue weighted by Gasteiger charge is -2.41. The van der Waals surface area contributed by atoms with Gasteiger partial charge in [-0.2, -0.15) is 31.4 Å². The van der Waals surface area contributed by atoms with E-state index >= 15 is 0 Å². The lowest BCUT2D eigenvalue weighted by Crippen LogP contribution is -2.46. The molecular weight excluding hydrogens is 525 g/mol. The second-order valence-electron chi connectivity index (χ2n) is 8.46. The Morgan fingerprint density at radius 1 is 1.11 bits per heavy atom. The summed E-state index contributed by atoms with van der Waals surface area (Å²) in [7, 11) is 0. The molecule has 1 aliphatic heterocycles. The monoisotopic (exact) mass is 546 g/mol. The van der Waals surface area contributed by atoms with Crippen molar-refractivity contribution in [2.24, 2.45) is 0 Å². The van der Waals surface area contributed by atoms with Gasteiger partial charge in [-0.1, -0.05) is 18.2 Å². The molecule has 1 aliphatic rings. The Bertz CT molecular complexity index is 1290. The highest BCUT2D eigenvalue weighted by Gasteiger charge is 2.39. The highest BCUT2D eigenvalue weighted by atomic mass is 19.4. The molecule has 0 unspecified atom stereocenters. The zero-order valence-electron chi connectivity index (χ0n) is 19.4. The fourth-order valence-corrected chi connectivity index (χ4v) is 4.14. The van der Waals surface area contributed by atoms with Crippen molar-refractivity contribution < 1.29 is 40.2 Å². The minimum absolute atomic E-state index is 0.0223. The Morgan fingerprint density at radius 3 is 2.26 bits per heavy atom. The summed E-state index contributed by atoms with van der Waals surface area (Å²) in [5, 5.41) is 6.09. The van der Waals surface area contributed by atoms with E-state index in [2.05, 4.69) is 21.8 Å². The Kier molecular flexibility index (Phi) is 7.76. The number of morpholine rings is 1. The molecule has 38 heavy (non-hydrogen) atoms. The number of nitrogens with zero attached hydrogens (tertiary/aromatic N) is 2. The molecule has 4 rings (SSSR count). The van der Waals surface area contributed by atoms with Gasteiger partial charge < -0.3 is 9.47 Å². The van der Waals surface area contributed by atoms with Crippen LogP contribution in [0.15, 0.2) is 59.9 Å². The largest absolute Gasteiger partial charge is 0.416 e. The van der Waals surface area contributed by atoms with Gasteiger partial charge in [0.15, 0.2) is 6.29 Å². The van der Waals surface area contributed by atoms with Crippen LogP contribution in [0.25, 0.3) is 0 Å². The molecule has 0 bridgehead atoms. The summed E-state index contributed by atoms with van der Waals surface area (Å²) < 4.78 is 106. The van der Waals surface area contributed by atoms with Gasteiger partial charge in [0, 0.05) is 6.54 Å². The topological polar surface area (TPSA) is 83.2 Å². The molecule has 1 saturated heterocycles. The molecule has 1 aromatic heterocycles. The molecule has 0 saturated carbocycles. The first-order valence-corrected chi connectivity index (χ1v) is 11.2. The molecule has 0 radical (unpaired) electrons. The number of hydrogen-bond donors (Lipinski definition) is 2. The van der Waals surface area contributed by atoms with Crippen LogP contribution >= 0.6 is 0 Å². The van der Waals surface area contributed by atoms with Gasteiger partial charge in [0.25, 0.3) is 0 Å². The summed E-state index contributed by atoms with van der Waals surface area (Å²) in [5.74, 6) is -0.269. The van der Waals surface area contributed by atoms with Crippen molar-refractivity contribution in [2.45, 2.75) is 37.3 Å². The Balaban J connectivity index is 1.70. The molecule has 2 aromatic carbocycles. The van der Waals surface area contributed by atoms with E-state index in [1.54, 1.807) is 4.90 Å². The van der Waals surface area contributed by atoms with E-state index in [0.29, 0.717) is 17.7 Å². The van der Waals surface area contributed by atoms with Gasteiger partial charge in [0.1, 0.15) is 17.7 Å². The van der Waals surface area contributed by atoms with Crippen molar-refractivity contribution in [3.63, 3.8) is 0 Å². The van der Waals surface area contributed by atoms with Crippen molar-refractivity contribution in [2.75, 3.05) is 13.2 Å². The van der Waals surface area contributed by atoms with E-state index in [4.69, 9.17) is 9.47 Å². The third-order valence-electron chi connectivity index (χ3n) is 5.86. The van der Waals surface area contributed by atoms with Crippen LogP contribution in [-0.2, 0) is 28.4 Å². The van der Waals surface area contributed by atoms with Crippen molar-refractivity contribution in [3.05, 3.63) is 99.5 Å². The minimum Gasteiger partial charge on any atom is -0.349 e. The van der Waals surface area contributed by atoms with Crippen LogP contribution < -0.4 is 5.69 Å². The van der Waals surface area contributed by atoms with Gasteiger partial charge >= 0.3 is 18.0 Å². The number of rotatable bonds is 7. The molecule has 0 aliphatic carbocycles. The quantitative estimate of drug-likeness (QED) is 0.318. The normalized spacial score (nSPS) is 19.9. The molecule has 1 fully saturated rings. The van der Waals surface area contributed by atoms with Crippen LogP contribution in [0.1, 0.15) is 40.2 Å². The highest BCUT2D eigenvalue weighted by molar-refractivity contribution is 5.36. The van der Waals surface area contributed by atoms with Crippen LogP contribution in [0.2, 0.25) is 0 Å². The molecule has 2 N–H and O–H groups in total. The summed E-state index contributed by atoms with van der Waals surface area (Å²) in [6, 6.07) is 5.59. The van der Waals surface area contributed by atoms with E-state index in [1.165, 1.54) is 24.3 Å². The standard InChI is InChI=1S/C24H21F7N4O3/c1-2-18(14-9-15(23(26,27)28)11-16(10-14)24(29,30)31)38-21-20(13-3-5-17(25)6-4-13)35(7-8-37-21)12-19-32-22(36)34-33-19/h2-6,9-11,18,20-21H,1,7-8,12H2,(H2,32,33,34,36)/t18-,20+,21-/m1/s1. The summed E-state index contributed by atoms with van der Waals surface area (Å²) in [4.78, 5) is 15.7. The fourth-order valence-electron chi connectivity index (χ4n) is 4.14. The predicted octanol–water partition coefficient (Wildman–Crippen LogP) is 5.12. The molecule has 3 aromatic rings. The van der Waals surface area contributed by atoms with E-state index in [0.717, 1.165) is 6.08 Å². The van der Waals surface area contributed by atoms with E-state index in [1.807, 2.05) is 0 Å². The van der Waals surface area contributed by atoms with Gasteiger partial charge in [0.05, 0.1) is 30.3 Å².